The van der Waals surface area contributed by atoms with Crippen LogP contribution in [0.1, 0.15) is 19.8 Å². The molecule has 0 aromatic heterocycles. The largest absolute Gasteiger partial charge is 1.00 e. The fourth-order valence-electron chi connectivity index (χ4n) is 0.408. The molecule has 0 bridgehead atoms. The fourth-order valence-corrected chi connectivity index (χ4v) is 1.22. The van der Waals surface area contributed by atoms with E-state index in [-0.39, 0.29) is 24.0 Å². The quantitative estimate of drug-likeness (QED) is 0.327. The Morgan fingerprint density at radius 3 is 2.14 bits per heavy atom. The molecule has 0 spiro atoms. The Bertz CT molecular complexity index is 20.0. The maximum atomic E-state index is 2.32. The van der Waals surface area contributed by atoms with Crippen LogP contribution in [0.15, 0.2) is 0 Å². The van der Waals surface area contributed by atoms with E-state index in [0.29, 0.717) is 0 Å². The highest BCUT2D eigenvalue weighted by Gasteiger charge is 1.80. The highest BCUT2D eigenvalue weighted by molar-refractivity contribution is 7.36. The minimum Gasteiger partial charge on any atom is -1.00 e. The summed E-state index contributed by atoms with van der Waals surface area (Å²) >= 11 is 0. The molecule has 2 heteroatoms. The third-order valence-corrected chi connectivity index (χ3v) is 1.83. The Labute approximate surface area is 65.3 Å². The second-order valence-corrected chi connectivity index (χ2v) is 2.94. The van der Waals surface area contributed by atoms with E-state index in [0.717, 1.165) is 8.58 Å². The summed E-state index contributed by atoms with van der Waals surface area (Å²) in [6.45, 7) is 4.56. The van der Waals surface area contributed by atoms with Crippen LogP contribution in [-0.2, 0) is 0 Å². The highest BCUT2D eigenvalue weighted by Crippen LogP contribution is 2.04. The van der Waals surface area contributed by atoms with Gasteiger partial charge in [0.1, 0.15) is 0 Å². The van der Waals surface area contributed by atoms with Crippen LogP contribution in [0.3, 0.4) is 0 Å². The SMILES string of the molecule is CCCC[PH2+]C.[I-]. The normalized spacial score (nSPS) is 9.43. The lowest BCUT2D eigenvalue weighted by Crippen LogP contribution is -3.00. The van der Waals surface area contributed by atoms with Crippen molar-refractivity contribution in [3.8, 4) is 0 Å². The predicted octanol–water partition coefficient (Wildman–Crippen LogP) is -1.17. The summed E-state index contributed by atoms with van der Waals surface area (Å²) in [5, 5.41) is 0. The summed E-state index contributed by atoms with van der Waals surface area (Å²) in [5.74, 6) is 0. The first-order chi connectivity index (χ1) is 2.91. The third kappa shape index (κ3) is 11.0. The summed E-state index contributed by atoms with van der Waals surface area (Å²) < 4.78 is 0. The van der Waals surface area contributed by atoms with Crippen LogP contribution in [0.5, 0.6) is 0 Å². The van der Waals surface area contributed by atoms with Crippen LogP contribution in [0.4, 0.5) is 0 Å². The van der Waals surface area contributed by atoms with Crippen molar-refractivity contribution in [1.82, 2.24) is 0 Å². The standard InChI is InChI=1S/C5H13P.HI/c1-3-4-5-6-2;/h6H,3-5H2,1-2H3;1H. The van der Waals surface area contributed by atoms with Gasteiger partial charge >= 0.3 is 0 Å². The first-order valence-corrected chi connectivity index (χ1v) is 4.66. The van der Waals surface area contributed by atoms with Crippen molar-refractivity contribution in [2.45, 2.75) is 19.8 Å². The Kier molecular flexibility index (Phi) is 16.1. The van der Waals surface area contributed by atoms with Crippen molar-refractivity contribution in [2.75, 3.05) is 12.8 Å². The van der Waals surface area contributed by atoms with E-state index < -0.39 is 0 Å². The molecule has 1 unspecified atom stereocenters. The van der Waals surface area contributed by atoms with Crippen LogP contribution >= 0.6 is 8.58 Å². The van der Waals surface area contributed by atoms with E-state index in [1.807, 2.05) is 0 Å². The fraction of sp³-hybridized carbons (Fsp3) is 1.00. The zero-order chi connectivity index (χ0) is 4.83. The van der Waals surface area contributed by atoms with Crippen molar-refractivity contribution < 1.29 is 24.0 Å². The topological polar surface area (TPSA) is 0 Å². The van der Waals surface area contributed by atoms with Crippen LogP contribution < -0.4 is 24.0 Å². The number of unbranched alkanes of at least 4 members (excludes halogenated alkanes) is 1. The molecule has 46 valence electrons. The van der Waals surface area contributed by atoms with E-state index >= 15 is 0 Å². The minimum atomic E-state index is 0. The van der Waals surface area contributed by atoms with E-state index in [1.165, 1.54) is 19.0 Å². The summed E-state index contributed by atoms with van der Waals surface area (Å²) in [7, 11) is 0.784. The van der Waals surface area contributed by atoms with Gasteiger partial charge in [-0.3, -0.25) is 0 Å². The summed E-state index contributed by atoms with van der Waals surface area (Å²) in [4.78, 5) is 0. The van der Waals surface area contributed by atoms with Gasteiger partial charge < -0.3 is 24.0 Å². The van der Waals surface area contributed by atoms with Crippen molar-refractivity contribution in [2.24, 2.45) is 0 Å². The van der Waals surface area contributed by atoms with Crippen LogP contribution in [-0.4, -0.2) is 12.8 Å². The zero-order valence-corrected chi connectivity index (χ0v) is 8.39. The molecule has 0 aromatic carbocycles. The van der Waals surface area contributed by atoms with Gasteiger partial charge in [0.05, 0.1) is 6.16 Å². The minimum absolute atomic E-state index is 0. The average molecular weight is 232 g/mol. The van der Waals surface area contributed by atoms with Crippen molar-refractivity contribution in [3.05, 3.63) is 0 Å². The first kappa shape index (κ1) is 11.0. The lowest BCUT2D eigenvalue weighted by atomic mass is 10.4. The molecule has 7 heavy (non-hydrogen) atoms. The van der Waals surface area contributed by atoms with E-state index in [2.05, 4.69) is 13.6 Å². The Balaban J connectivity index is 0. The maximum Gasteiger partial charge on any atom is 0.0546 e. The molecule has 1 atom stereocenters. The zero-order valence-electron chi connectivity index (χ0n) is 5.08. The van der Waals surface area contributed by atoms with Gasteiger partial charge in [-0.15, -0.1) is 0 Å². The van der Waals surface area contributed by atoms with E-state index in [4.69, 9.17) is 0 Å². The van der Waals surface area contributed by atoms with Crippen LogP contribution in [0, 0.1) is 0 Å². The first-order valence-electron chi connectivity index (χ1n) is 2.69. The Morgan fingerprint density at radius 1 is 1.43 bits per heavy atom. The van der Waals surface area contributed by atoms with Gasteiger partial charge in [0.2, 0.25) is 0 Å². The molecule has 0 aliphatic carbocycles. The summed E-state index contributed by atoms with van der Waals surface area (Å²) in [6, 6.07) is 0. The van der Waals surface area contributed by atoms with Crippen LogP contribution in [0.2, 0.25) is 0 Å². The van der Waals surface area contributed by atoms with Gasteiger partial charge in [-0.1, -0.05) is 13.3 Å². The number of rotatable bonds is 3. The second-order valence-electron chi connectivity index (χ2n) is 1.55. The molecule has 0 radical (unpaired) electrons. The summed E-state index contributed by atoms with van der Waals surface area (Å²) in [6.07, 6.45) is 4.32. The van der Waals surface area contributed by atoms with Crippen LogP contribution in [0.25, 0.3) is 0 Å². The second kappa shape index (κ2) is 10.2. The molecule has 0 amide bonds. The molecule has 0 saturated carbocycles. The average Bonchev–Trinajstić information content (AvgIpc) is 1.61. The molecule has 0 aromatic rings. The number of hydrogen-bond acceptors (Lipinski definition) is 0. The van der Waals surface area contributed by atoms with Gasteiger partial charge in [0.15, 0.2) is 0 Å². The molecule has 0 nitrogen and oxygen atoms in total. The molecule has 0 fully saturated rings. The lowest BCUT2D eigenvalue weighted by Gasteiger charge is -1.81. The molecular formula is C5H14IP. The predicted molar refractivity (Wildman–Crippen MR) is 35.4 cm³/mol. The molecule has 0 heterocycles. The summed E-state index contributed by atoms with van der Waals surface area (Å²) in [5.41, 5.74) is 0. The molecular weight excluding hydrogens is 218 g/mol. The lowest BCUT2D eigenvalue weighted by molar-refractivity contribution is -0.00000139. The van der Waals surface area contributed by atoms with E-state index in [9.17, 15) is 0 Å². The Morgan fingerprint density at radius 2 is 2.00 bits per heavy atom. The number of hydrogen-bond donors (Lipinski definition) is 0. The van der Waals surface area contributed by atoms with Gasteiger partial charge in [0.25, 0.3) is 0 Å². The molecule has 0 aliphatic rings. The van der Waals surface area contributed by atoms with Gasteiger partial charge in [-0.2, -0.15) is 0 Å². The molecule has 0 aliphatic heterocycles. The molecule has 0 N–H and O–H groups in total. The Hall–Kier alpha value is 1.16. The monoisotopic (exact) mass is 232 g/mol. The molecule has 0 rings (SSSR count). The van der Waals surface area contributed by atoms with Crippen molar-refractivity contribution in [1.29, 1.82) is 0 Å². The number of halogens is 1. The van der Waals surface area contributed by atoms with Crippen molar-refractivity contribution in [3.63, 3.8) is 0 Å². The maximum absolute atomic E-state index is 2.32. The third-order valence-electron chi connectivity index (χ3n) is 0.846. The molecule has 0 saturated heterocycles. The smallest absolute Gasteiger partial charge is 0.0546 e. The van der Waals surface area contributed by atoms with Gasteiger partial charge in [0, 0.05) is 6.66 Å². The van der Waals surface area contributed by atoms with Gasteiger partial charge in [-0.25, -0.2) is 0 Å². The van der Waals surface area contributed by atoms with Gasteiger partial charge in [-0.05, 0) is 15.0 Å². The van der Waals surface area contributed by atoms with Crippen molar-refractivity contribution >= 4 is 8.58 Å². The highest BCUT2D eigenvalue weighted by atomic mass is 127. The van der Waals surface area contributed by atoms with E-state index in [1.54, 1.807) is 0 Å².